The summed E-state index contributed by atoms with van der Waals surface area (Å²) < 4.78 is 6.47. The summed E-state index contributed by atoms with van der Waals surface area (Å²) in [5, 5.41) is 8.33. The van der Waals surface area contributed by atoms with E-state index >= 15 is 0 Å². The molecule has 16 heavy (non-hydrogen) atoms. The number of halogens is 1. The van der Waals surface area contributed by atoms with Gasteiger partial charge in [0.1, 0.15) is 22.3 Å². The van der Waals surface area contributed by atoms with Crippen LogP contribution in [0.1, 0.15) is 21.7 Å². The van der Waals surface area contributed by atoms with Crippen molar-refractivity contribution in [3.05, 3.63) is 22.0 Å². The van der Waals surface area contributed by atoms with Gasteiger partial charge in [-0.15, -0.1) is 0 Å². The van der Waals surface area contributed by atoms with E-state index in [0.29, 0.717) is 34.2 Å². The van der Waals surface area contributed by atoms with Crippen LogP contribution in [0.3, 0.4) is 0 Å². The molecule has 0 aromatic carbocycles. The molecule has 0 saturated carbocycles. The molecule has 2 aromatic heterocycles. The lowest BCUT2D eigenvalue weighted by Gasteiger charge is -1.92. The molecule has 2 heterocycles. The van der Waals surface area contributed by atoms with Crippen LogP contribution in [0.4, 0.5) is 0 Å². The molecule has 0 aliphatic rings. The average Bonchev–Trinajstić information content (AvgIpc) is 2.72. The van der Waals surface area contributed by atoms with E-state index in [1.54, 1.807) is 14.0 Å². The molecular formula is C10H10ClN3O2. The van der Waals surface area contributed by atoms with Gasteiger partial charge in [-0.25, -0.2) is 0 Å². The van der Waals surface area contributed by atoms with Crippen molar-refractivity contribution in [2.75, 3.05) is 0 Å². The van der Waals surface area contributed by atoms with E-state index in [0.717, 1.165) is 5.56 Å². The van der Waals surface area contributed by atoms with E-state index in [1.807, 2.05) is 6.92 Å². The molecule has 0 spiro atoms. The molecule has 0 radical (unpaired) electrons. The van der Waals surface area contributed by atoms with Crippen molar-refractivity contribution < 1.29 is 9.32 Å². The lowest BCUT2D eigenvalue weighted by molar-refractivity contribution is 0.112. The molecule has 84 valence electrons. The normalized spacial score (nSPS) is 10.8. The van der Waals surface area contributed by atoms with Crippen molar-refractivity contribution in [1.82, 2.24) is 14.9 Å². The van der Waals surface area contributed by atoms with Crippen LogP contribution in [0.15, 0.2) is 4.52 Å². The van der Waals surface area contributed by atoms with Gasteiger partial charge in [-0.1, -0.05) is 16.8 Å². The molecular weight excluding hydrogens is 230 g/mol. The smallest absolute Gasteiger partial charge is 0.155 e. The van der Waals surface area contributed by atoms with Crippen LogP contribution in [-0.2, 0) is 7.05 Å². The molecule has 0 unspecified atom stereocenters. The predicted molar refractivity (Wildman–Crippen MR) is 58.6 cm³/mol. The van der Waals surface area contributed by atoms with Crippen LogP contribution in [0.2, 0.25) is 5.15 Å². The third-order valence-electron chi connectivity index (χ3n) is 2.51. The summed E-state index contributed by atoms with van der Waals surface area (Å²) >= 11 is 5.93. The molecule has 0 N–H and O–H groups in total. The summed E-state index contributed by atoms with van der Waals surface area (Å²) in [5.41, 5.74) is 2.21. The summed E-state index contributed by atoms with van der Waals surface area (Å²) in [6.07, 6.45) is 0.675. The Bertz CT molecular complexity index is 557. The number of aldehydes is 1. The summed E-state index contributed by atoms with van der Waals surface area (Å²) in [5.74, 6) is 0.702. The maximum atomic E-state index is 11.0. The summed E-state index contributed by atoms with van der Waals surface area (Å²) in [4.78, 5) is 11.0. The number of aromatic nitrogens is 3. The fourth-order valence-corrected chi connectivity index (χ4v) is 1.61. The third kappa shape index (κ3) is 1.44. The van der Waals surface area contributed by atoms with Crippen molar-refractivity contribution in [3.8, 4) is 11.4 Å². The van der Waals surface area contributed by atoms with Crippen molar-refractivity contribution in [2.45, 2.75) is 13.8 Å². The van der Waals surface area contributed by atoms with Crippen molar-refractivity contribution in [3.63, 3.8) is 0 Å². The van der Waals surface area contributed by atoms with Gasteiger partial charge in [0.15, 0.2) is 6.29 Å². The Morgan fingerprint density at radius 1 is 1.38 bits per heavy atom. The number of rotatable bonds is 2. The van der Waals surface area contributed by atoms with Gasteiger partial charge in [0.2, 0.25) is 0 Å². The number of hydrogen-bond acceptors (Lipinski definition) is 4. The molecule has 0 aliphatic heterocycles. The van der Waals surface area contributed by atoms with Crippen molar-refractivity contribution in [2.24, 2.45) is 7.05 Å². The first kappa shape index (κ1) is 10.9. The van der Waals surface area contributed by atoms with Gasteiger partial charge in [0, 0.05) is 12.6 Å². The largest absolute Gasteiger partial charge is 0.361 e. The number of carbonyl (C=O) groups excluding carboxylic acids is 1. The minimum Gasteiger partial charge on any atom is -0.361 e. The van der Waals surface area contributed by atoms with Gasteiger partial charge < -0.3 is 4.52 Å². The summed E-state index contributed by atoms with van der Waals surface area (Å²) in [7, 11) is 1.67. The van der Waals surface area contributed by atoms with Crippen LogP contribution in [0.5, 0.6) is 0 Å². The van der Waals surface area contributed by atoms with Gasteiger partial charge in [-0.05, 0) is 13.8 Å². The molecule has 0 amide bonds. The number of hydrogen-bond donors (Lipinski definition) is 0. The van der Waals surface area contributed by atoms with E-state index in [2.05, 4.69) is 10.3 Å². The zero-order chi connectivity index (χ0) is 11.9. The predicted octanol–water partition coefficient (Wildman–Crippen LogP) is 2.16. The maximum absolute atomic E-state index is 11.0. The van der Waals surface area contributed by atoms with Crippen molar-refractivity contribution in [1.29, 1.82) is 0 Å². The number of carbonyl (C=O) groups is 1. The van der Waals surface area contributed by atoms with E-state index in [-0.39, 0.29) is 0 Å². The zero-order valence-corrected chi connectivity index (χ0v) is 9.87. The molecule has 2 aromatic rings. The van der Waals surface area contributed by atoms with Crippen LogP contribution in [0, 0.1) is 13.8 Å². The topological polar surface area (TPSA) is 60.9 Å². The highest BCUT2D eigenvalue weighted by atomic mass is 35.5. The highest BCUT2D eigenvalue weighted by Crippen LogP contribution is 2.29. The Kier molecular flexibility index (Phi) is 2.55. The van der Waals surface area contributed by atoms with E-state index in [1.165, 1.54) is 4.68 Å². The second kappa shape index (κ2) is 3.75. The van der Waals surface area contributed by atoms with E-state index in [9.17, 15) is 4.79 Å². The minimum atomic E-state index is 0.296. The van der Waals surface area contributed by atoms with Crippen LogP contribution >= 0.6 is 11.6 Å². The van der Waals surface area contributed by atoms with Crippen LogP contribution in [0.25, 0.3) is 11.4 Å². The first-order valence-electron chi connectivity index (χ1n) is 4.67. The number of aryl methyl sites for hydroxylation is 2. The van der Waals surface area contributed by atoms with E-state index in [4.69, 9.17) is 16.1 Å². The molecule has 6 heteroatoms. The molecule has 0 atom stereocenters. The Hall–Kier alpha value is -1.62. The van der Waals surface area contributed by atoms with Crippen molar-refractivity contribution >= 4 is 17.9 Å². The molecule has 5 nitrogen and oxygen atoms in total. The first-order chi connectivity index (χ1) is 7.56. The lowest BCUT2D eigenvalue weighted by Crippen LogP contribution is -1.90. The average molecular weight is 240 g/mol. The molecule has 0 bridgehead atoms. The van der Waals surface area contributed by atoms with E-state index < -0.39 is 0 Å². The van der Waals surface area contributed by atoms with Gasteiger partial charge in [-0.3, -0.25) is 9.48 Å². The van der Waals surface area contributed by atoms with Gasteiger partial charge in [0.05, 0.1) is 5.56 Å². The number of nitrogens with zero attached hydrogens (tertiary/aromatic N) is 3. The first-order valence-corrected chi connectivity index (χ1v) is 5.05. The SMILES string of the molecule is Cc1onc(-c2nn(C)c(Cl)c2C=O)c1C. The third-order valence-corrected chi connectivity index (χ3v) is 2.96. The monoisotopic (exact) mass is 239 g/mol. The molecule has 0 saturated heterocycles. The van der Waals surface area contributed by atoms with Gasteiger partial charge >= 0.3 is 0 Å². The Labute approximate surface area is 97.0 Å². The molecule has 0 aliphatic carbocycles. The molecule has 0 fully saturated rings. The maximum Gasteiger partial charge on any atom is 0.155 e. The Morgan fingerprint density at radius 3 is 2.56 bits per heavy atom. The van der Waals surface area contributed by atoms with Crippen LogP contribution in [-0.4, -0.2) is 21.2 Å². The molecule has 2 rings (SSSR count). The fraction of sp³-hybridized carbons (Fsp3) is 0.300. The van der Waals surface area contributed by atoms with Crippen LogP contribution < -0.4 is 0 Å². The Balaban J connectivity index is 2.69. The fourth-order valence-electron chi connectivity index (χ4n) is 1.44. The highest BCUT2D eigenvalue weighted by Gasteiger charge is 2.21. The summed E-state index contributed by atoms with van der Waals surface area (Å²) in [6.45, 7) is 3.66. The standard InChI is InChI=1S/C10H10ClN3O2/c1-5-6(2)16-13-8(5)9-7(4-15)10(11)14(3)12-9/h4H,1-3H3. The minimum absolute atomic E-state index is 0.296. The van der Waals surface area contributed by atoms with Gasteiger partial charge in [0.25, 0.3) is 0 Å². The summed E-state index contributed by atoms with van der Waals surface area (Å²) in [6, 6.07) is 0. The second-order valence-corrected chi connectivity index (χ2v) is 3.86. The Morgan fingerprint density at radius 2 is 2.06 bits per heavy atom. The highest BCUT2D eigenvalue weighted by molar-refractivity contribution is 6.32. The quantitative estimate of drug-likeness (QED) is 0.754. The second-order valence-electron chi connectivity index (χ2n) is 3.51. The van der Waals surface area contributed by atoms with Gasteiger partial charge in [-0.2, -0.15) is 5.10 Å². The lowest BCUT2D eigenvalue weighted by atomic mass is 10.1. The zero-order valence-electron chi connectivity index (χ0n) is 9.11.